The summed E-state index contributed by atoms with van der Waals surface area (Å²) < 4.78 is 0. The van der Waals surface area contributed by atoms with Gasteiger partial charge in [-0.25, -0.2) is 4.79 Å². The first-order valence-corrected chi connectivity index (χ1v) is 11.7. The van der Waals surface area contributed by atoms with Gasteiger partial charge in [0.2, 0.25) is 17.7 Å². The van der Waals surface area contributed by atoms with Gasteiger partial charge >= 0.3 is 11.9 Å². The number of hydrogen-bond acceptors (Lipinski definition) is 7. The van der Waals surface area contributed by atoms with E-state index in [4.69, 9.17) is 16.6 Å². The van der Waals surface area contributed by atoms with Crippen molar-refractivity contribution >= 4 is 35.6 Å². The van der Waals surface area contributed by atoms with Crippen LogP contribution in [0.4, 0.5) is 0 Å². The maximum atomic E-state index is 13.4. The molecule has 4 unspecified atom stereocenters. The SMILES string of the molecule is NC(N)=NCCCC(NC(=O)C1CCCN1)C(=O)N1CCCC1C(=O)NC(CCC(=O)O)C(=O)O. The molecule has 196 valence electrons. The molecular weight excluding hydrogens is 462 g/mol. The minimum Gasteiger partial charge on any atom is -0.481 e. The molecule has 2 rings (SSSR count). The number of likely N-dealkylation sites (tertiary alicyclic amines) is 1. The van der Waals surface area contributed by atoms with E-state index in [-0.39, 0.29) is 37.8 Å². The second-order valence-electron chi connectivity index (χ2n) is 8.68. The monoisotopic (exact) mass is 497 g/mol. The second-order valence-corrected chi connectivity index (χ2v) is 8.68. The molecule has 0 aromatic rings. The van der Waals surface area contributed by atoms with Crippen molar-refractivity contribution in [2.24, 2.45) is 16.5 Å². The summed E-state index contributed by atoms with van der Waals surface area (Å²) in [6, 6.07) is -3.61. The van der Waals surface area contributed by atoms with Gasteiger partial charge in [0.05, 0.1) is 6.04 Å². The first-order valence-electron chi connectivity index (χ1n) is 11.7. The summed E-state index contributed by atoms with van der Waals surface area (Å²) in [5, 5.41) is 26.4. The van der Waals surface area contributed by atoms with Crippen LogP contribution in [0, 0.1) is 0 Å². The Morgan fingerprint density at radius 3 is 2.31 bits per heavy atom. The van der Waals surface area contributed by atoms with Crippen molar-refractivity contribution in [3.05, 3.63) is 0 Å². The van der Waals surface area contributed by atoms with Crippen LogP contribution in [0.5, 0.6) is 0 Å². The third-order valence-corrected chi connectivity index (χ3v) is 6.04. The van der Waals surface area contributed by atoms with E-state index >= 15 is 0 Å². The van der Waals surface area contributed by atoms with Crippen LogP contribution in [0.2, 0.25) is 0 Å². The summed E-state index contributed by atoms with van der Waals surface area (Å²) in [6.45, 7) is 1.24. The molecule has 2 saturated heterocycles. The Balaban J connectivity index is 2.09. The van der Waals surface area contributed by atoms with Crippen LogP contribution in [-0.2, 0) is 24.0 Å². The molecule has 9 N–H and O–H groups in total. The molecule has 2 heterocycles. The lowest BCUT2D eigenvalue weighted by Gasteiger charge is -2.30. The van der Waals surface area contributed by atoms with Crippen LogP contribution >= 0.6 is 0 Å². The molecule has 0 spiro atoms. The number of amides is 3. The maximum Gasteiger partial charge on any atom is 0.326 e. The number of aliphatic imine (C=N–C) groups is 1. The van der Waals surface area contributed by atoms with Gasteiger partial charge in [-0.15, -0.1) is 0 Å². The molecule has 35 heavy (non-hydrogen) atoms. The Bertz CT molecular complexity index is 825. The zero-order valence-electron chi connectivity index (χ0n) is 19.6. The molecule has 0 aromatic carbocycles. The first kappa shape index (κ1) is 27.8. The van der Waals surface area contributed by atoms with E-state index in [1.54, 1.807) is 0 Å². The van der Waals surface area contributed by atoms with E-state index in [1.807, 2.05) is 0 Å². The summed E-state index contributed by atoms with van der Waals surface area (Å²) in [6.07, 6.45) is 2.29. The fourth-order valence-electron chi connectivity index (χ4n) is 4.24. The lowest BCUT2D eigenvalue weighted by atomic mass is 10.1. The number of aliphatic carboxylic acids is 2. The number of hydrogen-bond donors (Lipinski definition) is 7. The van der Waals surface area contributed by atoms with Crippen LogP contribution in [0.1, 0.15) is 51.4 Å². The van der Waals surface area contributed by atoms with Crippen LogP contribution < -0.4 is 27.4 Å². The average molecular weight is 498 g/mol. The van der Waals surface area contributed by atoms with Gasteiger partial charge in [0.25, 0.3) is 0 Å². The van der Waals surface area contributed by atoms with Gasteiger partial charge < -0.3 is 42.5 Å². The molecule has 0 aromatic heterocycles. The summed E-state index contributed by atoms with van der Waals surface area (Å²) in [7, 11) is 0. The Kier molecular flexibility index (Phi) is 10.7. The topological polar surface area (TPSA) is 230 Å². The van der Waals surface area contributed by atoms with E-state index in [9.17, 15) is 29.1 Å². The largest absolute Gasteiger partial charge is 0.481 e. The normalized spacial score (nSPS) is 21.1. The van der Waals surface area contributed by atoms with Gasteiger partial charge in [-0.1, -0.05) is 0 Å². The maximum absolute atomic E-state index is 13.4. The molecule has 2 fully saturated rings. The summed E-state index contributed by atoms with van der Waals surface area (Å²) in [4.78, 5) is 66.4. The highest BCUT2D eigenvalue weighted by molar-refractivity contribution is 5.94. The zero-order chi connectivity index (χ0) is 26.0. The number of nitrogens with two attached hydrogens (primary N) is 2. The van der Waals surface area contributed by atoms with Crippen LogP contribution in [0.25, 0.3) is 0 Å². The number of carbonyl (C=O) groups excluding carboxylic acids is 3. The first-order chi connectivity index (χ1) is 16.6. The number of nitrogens with one attached hydrogen (secondary N) is 3. The molecule has 0 saturated carbocycles. The molecule has 3 amide bonds. The van der Waals surface area contributed by atoms with Gasteiger partial charge in [0, 0.05) is 19.5 Å². The third-order valence-electron chi connectivity index (χ3n) is 6.04. The molecule has 14 heteroatoms. The quantitative estimate of drug-likeness (QED) is 0.0817. The van der Waals surface area contributed by atoms with Crippen LogP contribution in [-0.4, -0.2) is 94.5 Å². The third kappa shape index (κ3) is 8.70. The molecule has 0 radical (unpaired) electrons. The fraction of sp³-hybridized carbons (Fsp3) is 0.714. The molecule has 2 aliphatic heterocycles. The van der Waals surface area contributed by atoms with Crippen LogP contribution in [0.15, 0.2) is 4.99 Å². The van der Waals surface area contributed by atoms with E-state index < -0.39 is 54.3 Å². The van der Waals surface area contributed by atoms with Gasteiger partial charge in [-0.3, -0.25) is 24.2 Å². The highest BCUT2D eigenvalue weighted by Crippen LogP contribution is 2.20. The van der Waals surface area contributed by atoms with Crippen molar-refractivity contribution < 1.29 is 34.2 Å². The van der Waals surface area contributed by atoms with Crippen LogP contribution in [0.3, 0.4) is 0 Å². The van der Waals surface area contributed by atoms with Crippen molar-refractivity contribution in [2.45, 2.75) is 75.5 Å². The Labute approximate surface area is 202 Å². The van der Waals surface area contributed by atoms with Gasteiger partial charge in [-0.2, -0.15) is 0 Å². The lowest BCUT2D eigenvalue weighted by Crippen LogP contribution is -2.56. The Morgan fingerprint density at radius 1 is 1.00 bits per heavy atom. The Hall–Kier alpha value is -3.42. The van der Waals surface area contributed by atoms with Gasteiger partial charge in [0.15, 0.2) is 5.96 Å². The van der Waals surface area contributed by atoms with Gasteiger partial charge in [0.1, 0.15) is 18.1 Å². The van der Waals surface area contributed by atoms with Crippen molar-refractivity contribution in [2.75, 3.05) is 19.6 Å². The molecule has 4 atom stereocenters. The number of nitrogens with zero attached hydrogens (tertiary/aromatic N) is 2. The highest BCUT2D eigenvalue weighted by Gasteiger charge is 2.39. The smallest absolute Gasteiger partial charge is 0.326 e. The second kappa shape index (κ2) is 13.5. The Morgan fingerprint density at radius 2 is 1.71 bits per heavy atom. The average Bonchev–Trinajstić information content (AvgIpc) is 3.49. The molecule has 14 nitrogen and oxygen atoms in total. The van der Waals surface area contributed by atoms with Gasteiger partial charge in [-0.05, 0) is 51.5 Å². The molecule has 2 aliphatic rings. The highest BCUT2D eigenvalue weighted by atomic mass is 16.4. The van der Waals surface area contributed by atoms with E-state index in [2.05, 4.69) is 20.9 Å². The minimum absolute atomic E-state index is 0.0840. The van der Waals surface area contributed by atoms with Crippen molar-refractivity contribution in [3.8, 4) is 0 Å². The fourth-order valence-corrected chi connectivity index (χ4v) is 4.24. The zero-order valence-corrected chi connectivity index (χ0v) is 19.6. The predicted molar refractivity (Wildman–Crippen MR) is 124 cm³/mol. The number of rotatable bonds is 13. The number of carboxylic acid groups (broad SMARTS) is 2. The summed E-state index contributed by atoms with van der Waals surface area (Å²) >= 11 is 0. The number of carboxylic acids is 2. The predicted octanol–water partition coefficient (Wildman–Crippen LogP) is -2.30. The lowest BCUT2D eigenvalue weighted by molar-refractivity contribution is -0.145. The molecular formula is C21H35N7O7. The van der Waals surface area contributed by atoms with E-state index in [0.717, 1.165) is 6.42 Å². The van der Waals surface area contributed by atoms with E-state index in [0.29, 0.717) is 32.2 Å². The van der Waals surface area contributed by atoms with Crippen molar-refractivity contribution in [1.29, 1.82) is 0 Å². The van der Waals surface area contributed by atoms with Crippen molar-refractivity contribution in [3.63, 3.8) is 0 Å². The summed E-state index contributed by atoms with van der Waals surface area (Å²) in [5.41, 5.74) is 10.7. The molecule has 0 aliphatic carbocycles. The summed E-state index contributed by atoms with van der Waals surface area (Å²) in [5.74, 6) is -4.04. The van der Waals surface area contributed by atoms with Crippen molar-refractivity contribution in [1.82, 2.24) is 20.9 Å². The number of carbonyl (C=O) groups is 5. The number of guanidine groups is 1. The minimum atomic E-state index is -1.39. The standard InChI is InChI=1S/C21H35N7O7/c22-21(23)25-10-2-5-13(26-17(31)12-4-1-9-24-12)19(33)28-11-3-6-15(28)18(32)27-14(20(34)35)7-8-16(29)30/h12-15,24H,1-11H2,(H,26,31)(H,27,32)(H,29,30)(H,34,35)(H4,22,23,25). The van der Waals surface area contributed by atoms with E-state index in [1.165, 1.54) is 4.90 Å². The molecule has 0 bridgehead atoms.